The molecule has 0 aromatic heterocycles. The summed E-state index contributed by atoms with van der Waals surface area (Å²) in [6.45, 7) is 5.34. The van der Waals surface area contributed by atoms with Crippen LogP contribution in [0.5, 0.6) is 0 Å². The Balaban J connectivity index is 1.87. The third-order valence-corrected chi connectivity index (χ3v) is 4.98. The second-order valence-corrected chi connectivity index (χ2v) is 6.87. The van der Waals surface area contributed by atoms with Crippen LogP contribution in [0.2, 0.25) is 0 Å². The molecule has 3 heteroatoms. The van der Waals surface area contributed by atoms with Crippen LogP contribution in [0.3, 0.4) is 0 Å². The largest absolute Gasteiger partial charge is 0.456 e. The molecule has 0 saturated heterocycles. The van der Waals surface area contributed by atoms with Crippen LogP contribution in [0.15, 0.2) is 12.2 Å². The lowest BCUT2D eigenvalue weighted by Crippen LogP contribution is -2.52. The van der Waals surface area contributed by atoms with Gasteiger partial charge in [0.05, 0.1) is 5.60 Å². The van der Waals surface area contributed by atoms with E-state index in [4.69, 9.17) is 4.74 Å². The number of hydrogen-bond acceptors (Lipinski definition) is 3. The van der Waals surface area contributed by atoms with Crippen LogP contribution < -0.4 is 0 Å². The van der Waals surface area contributed by atoms with Crippen molar-refractivity contribution in [2.75, 3.05) is 0 Å². The van der Waals surface area contributed by atoms with Crippen LogP contribution in [-0.4, -0.2) is 22.3 Å². The summed E-state index contributed by atoms with van der Waals surface area (Å²) in [4.78, 5) is 11.8. The van der Waals surface area contributed by atoms with Crippen LogP contribution in [0.25, 0.3) is 0 Å². The monoisotopic (exact) mass is 250 g/mol. The van der Waals surface area contributed by atoms with E-state index in [0.29, 0.717) is 23.8 Å². The number of hydrogen-bond donors (Lipinski definition) is 1. The van der Waals surface area contributed by atoms with Crippen molar-refractivity contribution in [1.82, 2.24) is 0 Å². The van der Waals surface area contributed by atoms with E-state index in [1.54, 1.807) is 6.92 Å². The molecule has 4 atom stereocenters. The first-order valence-electron chi connectivity index (χ1n) is 7.01. The molecule has 0 aromatic rings. The summed E-state index contributed by atoms with van der Waals surface area (Å²) in [7, 11) is 0. The van der Waals surface area contributed by atoms with E-state index in [2.05, 4.69) is 6.58 Å². The van der Waals surface area contributed by atoms with Crippen LogP contribution >= 0.6 is 0 Å². The van der Waals surface area contributed by atoms with Crippen molar-refractivity contribution >= 4 is 5.97 Å². The average Bonchev–Trinajstić information content (AvgIpc) is 2.40. The van der Waals surface area contributed by atoms with Gasteiger partial charge in [-0.3, -0.25) is 0 Å². The van der Waals surface area contributed by atoms with Crippen molar-refractivity contribution in [1.29, 1.82) is 0 Å². The summed E-state index contributed by atoms with van der Waals surface area (Å²) < 4.78 is 5.76. The molecular weight excluding hydrogens is 228 g/mol. The number of esters is 1. The Morgan fingerprint density at radius 1 is 1.33 bits per heavy atom. The average molecular weight is 250 g/mol. The fourth-order valence-corrected chi connectivity index (χ4v) is 4.57. The van der Waals surface area contributed by atoms with Crippen molar-refractivity contribution in [3.63, 3.8) is 0 Å². The zero-order valence-corrected chi connectivity index (χ0v) is 11.1. The normalized spacial score (nSPS) is 45.7. The van der Waals surface area contributed by atoms with Crippen LogP contribution in [0.1, 0.15) is 51.9 Å². The predicted octanol–water partition coefficient (Wildman–Crippen LogP) is 2.58. The molecular formula is C15H22O3. The third-order valence-electron chi connectivity index (χ3n) is 4.98. The van der Waals surface area contributed by atoms with Crippen molar-refractivity contribution < 1.29 is 14.6 Å². The lowest BCUT2D eigenvalue weighted by molar-refractivity contribution is -0.182. The van der Waals surface area contributed by atoms with E-state index in [1.807, 2.05) is 0 Å². The zero-order valence-electron chi connectivity index (χ0n) is 11.1. The van der Waals surface area contributed by atoms with Gasteiger partial charge in [-0.15, -0.1) is 0 Å². The van der Waals surface area contributed by atoms with Gasteiger partial charge in [0.2, 0.25) is 0 Å². The third kappa shape index (κ3) is 1.99. The summed E-state index contributed by atoms with van der Waals surface area (Å²) in [5, 5.41) is 10.7. The summed E-state index contributed by atoms with van der Waals surface area (Å²) >= 11 is 0. The summed E-state index contributed by atoms with van der Waals surface area (Å²) in [5.41, 5.74) is -0.548. The van der Waals surface area contributed by atoms with Gasteiger partial charge in [-0.05, 0) is 57.3 Å². The number of ether oxygens (including phenoxy) is 1. The molecule has 0 spiro atoms. The highest BCUT2D eigenvalue weighted by Crippen LogP contribution is 2.56. The maximum Gasteiger partial charge on any atom is 0.333 e. The van der Waals surface area contributed by atoms with Gasteiger partial charge < -0.3 is 9.84 Å². The standard InChI is InChI=1S/C15H22O3/c1-10(2)13(16)18-15-7-11-3-4-14(17,9-15)6-12(5-11)8-15/h11-12,17H,1,3-9H2,2H3/t11-,12?,14?,15?/m0/s1. The van der Waals surface area contributed by atoms with Gasteiger partial charge in [-0.1, -0.05) is 6.58 Å². The lowest BCUT2D eigenvalue weighted by atomic mass is 9.63. The van der Waals surface area contributed by atoms with Crippen molar-refractivity contribution in [3.8, 4) is 0 Å². The van der Waals surface area contributed by atoms with E-state index in [1.165, 1.54) is 6.42 Å². The molecule has 1 N–H and O–H groups in total. The summed E-state index contributed by atoms with van der Waals surface area (Å²) in [6, 6.07) is 0. The number of aliphatic hydroxyl groups is 1. The number of fused-ring (bicyclic) bond motifs is 1. The van der Waals surface area contributed by atoms with Crippen molar-refractivity contribution in [2.45, 2.75) is 63.1 Å². The summed E-state index contributed by atoms with van der Waals surface area (Å²) in [6.07, 6.45) is 6.56. The molecule has 0 radical (unpaired) electrons. The van der Waals surface area contributed by atoms with E-state index in [9.17, 15) is 9.90 Å². The Hall–Kier alpha value is -0.830. The maximum absolute atomic E-state index is 11.8. The topological polar surface area (TPSA) is 46.5 Å². The zero-order chi connectivity index (χ0) is 13.0. The first kappa shape index (κ1) is 12.2. The first-order chi connectivity index (χ1) is 8.40. The molecule has 0 aliphatic heterocycles. The highest BCUT2D eigenvalue weighted by Gasteiger charge is 2.56. The van der Waals surface area contributed by atoms with Gasteiger partial charge in [-0.2, -0.15) is 0 Å². The lowest BCUT2D eigenvalue weighted by Gasteiger charge is -2.50. The van der Waals surface area contributed by atoms with E-state index < -0.39 is 11.2 Å². The molecule has 4 aliphatic rings. The molecule has 3 nitrogen and oxygen atoms in total. The fraction of sp³-hybridized carbons (Fsp3) is 0.800. The number of carbonyl (C=O) groups is 1. The molecule has 0 aromatic carbocycles. The molecule has 4 bridgehead atoms. The van der Waals surface area contributed by atoms with E-state index in [-0.39, 0.29) is 5.97 Å². The minimum atomic E-state index is -0.594. The Bertz CT molecular complexity index is 403. The van der Waals surface area contributed by atoms with Gasteiger partial charge >= 0.3 is 5.97 Å². The molecule has 100 valence electrons. The molecule has 4 fully saturated rings. The van der Waals surface area contributed by atoms with Gasteiger partial charge in [-0.25, -0.2) is 4.79 Å². The van der Waals surface area contributed by atoms with Crippen LogP contribution in [0.4, 0.5) is 0 Å². The number of carbonyl (C=O) groups excluding carboxylic acids is 1. The second-order valence-electron chi connectivity index (χ2n) is 6.87. The van der Waals surface area contributed by atoms with Gasteiger partial charge in [0.15, 0.2) is 0 Å². The molecule has 0 heterocycles. The minimum absolute atomic E-state index is 0.291. The Morgan fingerprint density at radius 3 is 2.78 bits per heavy atom. The van der Waals surface area contributed by atoms with E-state index >= 15 is 0 Å². The van der Waals surface area contributed by atoms with Gasteiger partial charge in [0.1, 0.15) is 5.60 Å². The molecule has 18 heavy (non-hydrogen) atoms. The highest BCUT2D eigenvalue weighted by atomic mass is 16.6. The van der Waals surface area contributed by atoms with Gasteiger partial charge in [0.25, 0.3) is 0 Å². The quantitative estimate of drug-likeness (QED) is 0.605. The molecule has 0 amide bonds. The Kier molecular flexibility index (Phi) is 2.60. The van der Waals surface area contributed by atoms with E-state index in [0.717, 1.165) is 32.1 Å². The van der Waals surface area contributed by atoms with Crippen LogP contribution in [-0.2, 0) is 9.53 Å². The second kappa shape index (κ2) is 3.83. The number of rotatable bonds is 2. The fourth-order valence-electron chi connectivity index (χ4n) is 4.57. The Labute approximate surface area is 108 Å². The molecule has 4 rings (SSSR count). The highest BCUT2D eigenvalue weighted by molar-refractivity contribution is 5.87. The Morgan fingerprint density at radius 2 is 2.06 bits per heavy atom. The van der Waals surface area contributed by atoms with Gasteiger partial charge in [0, 0.05) is 12.0 Å². The molecule has 4 saturated carbocycles. The first-order valence-corrected chi connectivity index (χ1v) is 7.01. The predicted molar refractivity (Wildman–Crippen MR) is 67.9 cm³/mol. The maximum atomic E-state index is 11.8. The molecule has 4 aliphatic carbocycles. The van der Waals surface area contributed by atoms with Crippen LogP contribution in [0, 0.1) is 11.8 Å². The summed E-state index contributed by atoms with van der Waals surface area (Å²) in [5.74, 6) is 0.863. The smallest absolute Gasteiger partial charge is 0.333 e. The van der Waals surface area contributed by atoms with Crippen molar-refractivity contribution in [2.24, 2.45) is 11.8 Å². The van der Waals surface area contributed by atoms with Crippen molar-refractivity contribution in [3.05, 3.63) is 12.2 Å². The minimum Gasteiger partial charge on any atom is -0.456 e. The molecule has 3 unspecified atom stereocenters. The SMILES string of the molecule is C=C(C)C(=O)OC12CC3C[C@H](CCC(O)(C3)C1)C2.